The predicted molar refractivity (Wildman–Crippen MR) is 82.0 cm³/mol. The fourth-order valence-electron chi connectivity index (χ4n) is 1.85. The Kier molecular flexibility index (Phi) is 6.58. The molecule has 1 amide bonds. The molecule has 0 radical (unpaired) electrons. The molecule has 110 valence electrons. The van der Waals surface area contributed by atoms with Crippen LogP contribution in [0.4, 0.5) is 0 Å². The Hall–Kier alpha value is -1.49. The number of carbonyl (C=O) groups is 2. The number of thioether (sulfide) groups is 1. The van der Waals surface area contributed by atoms with E-state index in [2.05, 4.69) is 5.32 Å². The third-order valence-corrected chi connectivity index (χ3v) is 3.46. The molecule has 1 atom stereocenters. The van der Waals surface area contributed by atoms with Gasteiger partial charge in [-0.1, -0.05) is 26.0 Å². The van der Waals surface area contributed by atoms with Gasteiger partial charge in [-0.05, 0) is 36.3 Å². The quantitative estimate of drug-likeness (QED) is 0.811. The van der Waals surface area contributed by atoms with E-state index < -0.39 is 12.0 Å². The SMILES string of the molecule is CSCc1ccc(C(=O)N[C@@H](CC(C)C)C(=O)O)cc1. The van der Waals surface area contributed by atoms with Crippen LogP contribution in [0, 0.1) is 5.92 Å². The van der Waals surface area contributed by atoms with Crippen molar-refractivity contribution in [3.63, 3.8) is 0 Å². The zero-order valence-electron chi connectivity index (χ0n) is 12.1. The Bertz CT molecular complexity index is 457. The van der Waals surface area contributed by atoms with Gasteiger partial charge in [0, 0.05) is 11.3 Å². The topological polar surface area (TPSA) is 66.4 Å². The highest BCUT2D eigenvalue weighted by Crippen LogP contribution is 2.11. The molecule has 0 fully saturated rings. The number of carboxylic acids is 1. The second-order valence-electron chi connectivity index (χ2n) is 5.12. The predicted octanol–water partition coefficient (Wildman–Crippen LogP) is 2.78. The van der Waals surface area contributed by atoms with Crippen LogP contribution in [-0.4, -0.2) is 29.3 Å². The molecule has 0 saturated carbocycles. The second-order valence-corrected chi connectivity index (χ2v) is 5.99. The number of amides is 1. The molecule has 0 unspecified atom stereocenters. The van der Waals surface area contributed by atoms with E-state index in [9.17, 15) is 9.59 Å². The Morgan fingerprint density at radius 3 is 2.30 bits per heavy atom. The van der Waals surface area contributed by atoms with Crippen LogP contribution in [0.15, 0.2) is 24.3 Å². The van der Waals surface area contributed by atoms with Crippen LogP contribution in [0.1, 0.15) is 36.2 Å². The van der Waals surface area contributed by atoms with Crippen molar-refractivity contribution in [2.75, 3.05) is 6.26 Å². The van der Waals surface area contributed by atoms with E-state index in [-0.39, 0.29) is 11.8 Å². The van der Waals surface area contributed by atoms with Crippen molar-refractivity contribution in [3.8, 4) is 0 Å². The molecule has 0 saturated heterocycles. The number of aliphatic carboxylic acids is 1. The van der Waals surface area contributed by atoms with E-state index in [0.717, 1.165) is 11.3 Å². The van der Waals surface area contributed by atoms with Gasteiger partial charge in [-0.3, -0.25) is 4.79 Å². The molecule has 0 aliphatic carbocycles. The largest absolute Gasteiger partial charge is 0.480 e. The molecule has 1 rings (SSSR count). The minimum atomic E-state index is -0.994. The summed E-state index contributed by atoms with van der Waals surface area (Å²) in [4.78, 5) is 23.2. The molecule has 1 aromatic rings. The highest BCUT2D eigenvalue weighted by atomic mass is 32.2. The lowest BCUT2D eigenvalue weighted by molar-refractivity contribution is -0.139. The Morgan fingerprint density at radius 1 is 1.25 bits per heavy atom. The molecule has 0 aromatic heterocycles. The van der Waals surface area contributed by atoms with Gasteiger partial charge >= 0.3 is 5.97 Å². The normalized spacial score (nSPS) is 12.2. The van der Waals surface area contributed by atoms with Crippen LogP contribution in [0.2, 0.25) is 0 Å². The van der Waals surface area contributed by atoms with Gasteiger partial charge in [-0.25, -0.2) is 4.79 Å². The van der Waals surface area contributed by atoms with Crippen LogP contribution in [0.3, 0.4) is 0 Å². The van der Waals surface area contributed by atoms with Crippen molar-refractivity contribution < 1.29 is 14.7 Å². The summed E-state index contributed by atoms with van der Waals surface area (Å²) in [6.07, 6.45) is 2.44. The average molecular weight is 295 g/mol. The molecular weight excluding hydrogens is 274 g/mol. The van der Waals surface area contributed by atoms with E-state index in [1.54, 1.807) is 23.9 Å². The van der Waals surface area contributed by atoms with E-state index in [4.69, 9.17) is 5.11 Å². The molecule has 20 heavy (non-hydrogen) atoms. The first-order valence-corrected chi connectivity index (χ1v) is 7.95. The minimum absolute atomic E-state index is 0.209. The third kappa shape index (κ3) is 5.25. The maximum absolute atomic E-state index is 12.0. The summed E-state index contributed by atoms with van der Waals surface area (Å²) in [5.41, 5.74) is 1.64. The van der Waals surface area contributed by atoms with Gasteiger partial charge in [0.15, 0.2) is 0 Å². The number of carbonyl (C=O) groups excluding carboxylic acids is 1. The van der Waals surface area contributed by atoms with Crippen molar-refractivity contribution in [1.82, 2.24) is 5.32 Å². The number of hydrogen-bond acceptors (Lipinski definition) is 3. The molecule has 5 heteroatoms. The molecular formula is C15H21NO3S. The molecule has 0 aliphatic rings. The van der Waals surface area contributed by atoms with Crippen LogP contribution in [0.25, 0.3) is 0 Å². The summed E-state index contributed by atoms with van der Waals surface area (Å²) in [6.45, 7) is 3.86. The van der Waals surface area contributed by atoms with Crippen molar-refractivity contribution in [2.24, 2.45) is 5.92 Å². The zero-order valence-corrected chi connectivity index (χ0v) is 12.9. The van der Waals surface area contributed by atoms with E-state index in [1.165, 1.54) is 0 Å². The smallest absolute Gasteiger partial charge is 0.326 e. The first-order valence-electron chi connectivity index (χ1n) is 6.55. The van der Waals surface area contributed by atoms with Crippen molar-refractivity contribution in [3.05, 3.63) is 35.4 Å². The van der Waals surface area contributed by atoms with Gasteiger partial charge in [-0.15, -0.1) is 0 Å². The monoisotopic (exact) mass is 295 g/mol. The van der Waals surface area contributed by atoms with Crippen LogP contribution >= 0.6 is 11.8 Å². The summed E-state index contributed by atoms with van der Waals surface area (Å²) in [7, 11) is 0. The maximum Gasteiger partial charge on any atom is 0.326 e. The number of benzene rings is 1. The first kappa shape index (κ1) is 16.6. The molecule has 0 bridgehead atoms. The number of carboxylic acid groups (broad SMARTS) is 1. The third-order valence-electron chi connectivity index (χ3n) is 2.84. The van der Waals surface area contributed by atoms with Gasteiger partial charge in [0.2, 0.25) is 0 Å². The van der Waals surface area contributed by atoms with E-state index in [0.29, 0.717) is 12.0 Å². The summed E-state index contributed by atoms with van der Waals surface area (Å²) >= 11 is 1.71. The number of hydrogen-bond donors (Lipinski definition) is 2. The van der Waals surface area contributed by atoms with Gasteiger partial charge in [0.1, 0.15) is 6.04 Å². The molecule has 0 aliphatic heterocycles. The van der Waals surface area contributed by atoms with Crippen LogP contribution in [0.5, 0.6) is 0 Å². The Balaban J connectivity index is 2.70. The molecule has 0 spiro atoms. The lowest BCUT2D eigenvalue weighted by atomic mass is 10.0. The second kappa shape index (κ2) is 7.94. The standard InChI is InChI=1S/C15H21NO3S/c1-10(2)8-13(15(18)19)16-14(17)12-6-4-11(5-7-12)9-20-3/h4-7,10,13H,8-9H2,1-3H3,(H,16,17)(H,18,19)/t13-/m0/s1. The molecule has 4 nitrogen and oxygen atoms in total. The van der Waals surface area contributed by atoms with E-state index >= 15 is 0 Å². The highest BCUT2D eigenvalue weighted by molar-refractivity contribution is 7.97. The van der Waals surface area contributed by atoms with Gasteiger partial charge < -0.3 is 10.4 Å². The van der Waals surface area contributed by atoms with Gasteiger partial charge in [0.25, 0.3) is 5.91 Å². The minimum Gasteiger partial charge on any atom is -0.480 e. The van der Waals surface area contributed by atoms with Gasteiger partial charge in [0.05, 0.1) is 0 Å². The first-order chi connectivity index (χ1) is 9.43. The molecule has 1 aromatic carbocycles. The molecule has 0 heterocycles. The van der Waals surface area contributed by atoms with Crippen molar-refractivity contribution in [2.45, 2.75) is 32.1 Å². The fraction of sp³-hybridized carbons (Fsp3) is 0.467. The summed E-state index contributed by atoms with van der Waals surface area (Å²) in [5.74, 6) is -0.229. The summed E-state index contributed by atoms with van der Waals surface area (Å²) in [6, 6.07) is 6.41. The Labute approximate surface area is 124 Å². The highest BCUT2D eigenvalue weighted by Gasteiger charge is 2.21. The molecule has 2 N–H and O–H groups in total. The number of rotatable bonds is 7. The van der Waals surface area contributed by atoms with E-state index in [1.807, 2.05) is 32.2 Å². The maximum atomic E-state index is 12.0. The van der Waals surface area contributed by atoms with Gasteiger partial charge in [-0.2, -0.15) is 11.8 Å². The summed E-state index contributed by atoms with van der Waals surface area (Å²) < 4.78 is 0. The van der Waals surface area contributed by atoms with Crippen LogP contribution in [-0.2, 0) is 10.5 Å². The zero-order chi connectivity index (χ0) is 15.1. The lowest BCUT2D eigenvalue weighted by Crippen LogP contribution is -2.41. The van der Waals surface area contributed by atoms with Crippen LogP contribution < -0.4 is 5.32 Å². The fourth-order valence-corrected chi connectivity index (χ4v) is 2.38. The summed E-state index contributed by atoms with van der Waals surface area (Å²) in [5, 5.41) is 11.7. The Morgan fingerprint density at radius 2 is 1.85 bits per heavy atom. The average Bonchev–Trinajstić information content (AvgIpc) is 2.38. The lowest BCUT2D eigenvalue weighted by Gasteiger charge is -2.16. The number of nitrogens with one attached hydrogen (secondary N) is 1. The van der Waals surface area contributed by atoms with Crippen molar-refractivity contribution in [1.29, 1.82) is 0 Å². The van der Waals surface area contributed by atoms with Crippen molar-refractivity contribution >= 4 is 23.6 Å².